The highest BCUT2D eigenvalue weighted by atomic mass is 35.5. The van der Waals surface area contributed by atoms with Crippen LogP contribution in [0, 0.1) is 0 Å². The number of fused-ring (bicyclic) bond motifs is 1. The summed E-state index contributed by atoms with van der Waals surface area (Å²) in [6.45, 7) is 0.454. The zero-order chi connectivity index (χ0) is 14.7. The van der Waals surface area contributed by atoms with E-state index in [0.29, 0.717) is 6.54 Å². The molecular weight excluding hydrogens is 284 g/mol. The first kappa shape index (κ1) is 14.0. The molecule has 108 valence electrons. The Labute approximate surface area is 128 Å². The second kappa shape index (κ2) is 6.20. The van der Waals surface area contributed by atoms with Gasteiger partial charge in [0.1, 0.15) is 0 Å². The molecule has 1 aromatic heterocycles. The molecule has 21 heavy (non-hydrogen) atoms. The molecular formula is C17H17ClN2O. The van der Waals surface area contributed by atoms with Gasteiger partial charge >= 0.3 is 0 Å². The van der Waals surface area contributed by atoms with Gasteiger partial charge in [-0.25, -0.2) is 0 Å². The molecule has 0 fully saturated rings. The highest BCUT2D eigenvalue weighted by molar-refractivity contribution is 6.18. The van der Waals surface area contributed by atoms with Crippen molar-refractivity contribution in [3.63, 3.8) is 0 Å². The van der Waals surface area contributed by atoms with Crippen LogP contribution in [0.15, 0.2) is 60.8 Å². The fourth-order valence-corrected chi connectivity index (χ4v) is 2.45. The van der Waals surface area contributed by atoms with Gasteiger partial charge in [0.25, 0.3) is 0 Å². The van der Waals surface area contributed by atoms with Crippen LogP contribution < -0.4 is 5.32 Å². The molecule has 0 aliphatic rings. The number of halogens is 1. The van der Waals surface area contributed by atoms with E-state index in [1.165, 1.54) is 10.9 Å². The summed E-state index contributed by atoms with van der Waals surface area (Å²) in [4.78, 5) is 0. The Hall–Kier alpha value is -1.97. The van der Waals surface area contributed by atoms with Crippen molar-refractivity contribution in [1.82, 2.24) is 4.57 Å². The molecule has 0 radical (unpaired) electrons. The van der Waals surface area contributed by atoms with Gasteiger partial charge in [-0.3, -0.25) is 0 Å². The molecule has 0 aliphatic carbocycles. The molecule has 1 heterocycles. The number of hydrogen-bond donors (Lipinski definition) is 2. The number of hydrogen-bond acceptors (Lipinski definition) is 2. The lowest BCUT2D eigenvalue weighted by Gasteiger charge is -2.11. The van der Waals surface area contributed by atoms with Crippen LogP contribution >= 0.6 is 11.6 Å². The van der Waals surface area contributed by atoms with Crippen molar-refractivity contribution in [2.75, 3.05) is 17.7 Å². The maximum absolute atomic E-state index is 9.44. The van der Waals surface area contributed by atoms with Crippen LogP contribution in [0.5, 0.6) is 0 Å². The van der Waals surface area contributed by atoms with E-state index in [1.54, 1.807) is 0 Å². The van der Waals surface area contributed by atoms with Crippen molar-refractivity contribution >= 4 is 28.2 Å². The minimum absolute atomic E-state index is 0.237. The van der Waals surface area contributed by atoms with Crippen molar-refractivity contribution in [2.24, 2.45) is 0 Å². The minimum atomic E-state index is -0.528. The van der Waals surface area contributed by atoms with Crippen LogP contribution in [0.1, 0.15) is 0 Å². The van der Waals surface area contributed by atoms with Gasteiger partial charge in [-0.1, -0.05) is 18.2 Å². The number of aliphatic hydroxyl groups excluding tert-OH is 1. The maximum atomic E-state index is 9.44. The molecule has 0 saturated carbocycles. The third kappa shape index (κ3) is 3.04. The topological polar surface area (TPSA) is 37.2 Å². The molecule has 4 heteroatoms. The molecule has 2 N–H and O–H groups in total. The first-order chi connectivity index (χ1) is 10.3. The van der Waals surface area contributed by atoms with E-state index in [1.807, 2.05) is 24.3 Å². The zero-order valence-corrected chi connectivity index (χ0v) is 12.3. The summed E-state index contributed by atoms with van der Waals surface area (Å²) in [7, 11) is 0. The molecule has 0 saturated heterocycles. The molecule has 0 amide bonds. The van der Waals surface area contributed by atoms with Crippen LogP contribution in [-0.2, 0) is 0 Å². The van der Waals surface area contributed by atoms with Gasteiger partial charge in [-0.15, -0.1) is 11.6 Å². The van der Waals surface area contributed by atoms with E-state index in [4.69, 9.17) is 11.6 Å². The summed E-state index contributed by atoms with van der Waals surface area (Å²) in [5, 5.41) is 13.8. The van der Waals surface area contributed by atoms with Gasteiger partial charge in [0.15, 0.2) is 0 Å². The second-order valence-electron chi connectivity index (χ2n) is 4.98. The lowest BCUT2D eigenvalue weighted by molar-refractivity contribution is 0.211. The Kier molecular flexibility index (Phi) is 4.13. The van der Waals surface area contributed by atoms with Gasteiger partial charge in [0.2, 0.25) is 0 Å². The predicted molar refractivity (Wildman–Crippen MR) is 88.5 cm³/mol. The molecule has 0 spiro atoms. The Morgan fingerprint density at radius 1 is 1.05 bits per heavy atom. The van der Waals surface area contributed by atoms with Crippen molar-refractivity contribution < 1.29 is 5.11 Å². The molecule has 0 aliphatic heterocycles. The number of aliphatic hydroxyl groups is 1. The molecule has 3 rings (SSSR count). The minimum Gasteiger partial charge on any atom is -0.390 e. The normalized spacial score (nSPS) is 12.5. The number of alkyl halides is 1. The van der Waals surface area contributed by atoms with E-state index in [9.17, 15) is 5.11 Å². The summed E-state index contributed by atoms with van der Waals surface area (Å²) >= 11 is 5.57. The van der Waals surface area contributed by atoms with Crippen LogP contribution in [-0.4, -0.2) is 28.2 Å². The molecule has 0 bridgehead atoms. The number of rotatable bonds is 5. The highest BCUT2D eigenvalue weighted by Gasteiger charge is 2.04. The predicted octanol–water partition coefficient (Wildman–Crippen LogP) is 3.64. The fraction of sp³-hybridized carbons (Fsp3) is 0.176. The molecule has 2 aromatic carbocycles. The molecule has 1 unspecified atom stereocenters. The van der Waals surface area contributed by atoms with E-state index in [2.05, 4.69) is 46.4 Å². The summed E-state index contributed by atoms with van der Waals surface area (Å²) in [5.74, 6) is 0.237. The average Bonchev–Trinajstić information content (AvgIpc) is 2.97. The first-order valence-corrected chi connectivity index (χ1v) is 7.46. The van der Waals surface area contributed by atoms with Crippen LogP contribution in [0.25, 0.3) is 16.6 Å². The fourth-order valence-electron chi connectivity index (χ4n) is 2.34. The second-order valence-corrected chi connectivity index (χ2v) is 5.29. The van der Waals surface area contributed by atoms with Crippen LogP contribution in [0.2, 0.25) is 0 Å². The monoisotopic (exact) mass is 300 g/mol. The van der Waals surface area contributed by atoms with Crippen molar-refractivity contribution in [2.45, 2.75) is 6.10 Å². The van der Waals surface area contributed by atoms with Crippen LogP contribution in [0.4, 0.5) is 5.69 Å². The third-order valence-electron chi connectivity index (χ3n) is 3.46. The van der Waals surface area contributed by atoms with Crippen molar-refractivity contribution in [1.29, 1.82) is 0 Å². The van der Waals surface area contributed by atoms with Gasteiger partial charge in [-0.2, -0.15) is 0 Å². The van der Waals surface area contributed by atoms with E-state index in [0.717, 1.165) is 11.4 Å². The first-order valence-electron chi connectivity index (χ1n) is 6.92. The van der Waals surface area contributed by atoms with E-state index >= 15 is 0 Å². The van der Waals surface area contributed by atoms with Gasteiger partial charge in [0.05, 0.1) is 17.5 Å². The number of anilines is 1. The number of benzene rings is 2. The van der Waals surface area contributed by atoms with Gasteiger partial charge in [-0.05, 0) is 41.8 Å². The Bertz CT molecular complexity index is 721. The van der Waals surface area contributed by atoms with E-state index < -0.39 is 6.10 Å². The maximum Gasteiger partial charge on any atom is 0.0847 e. The molecule has 3 nitrogen and oxygen atoms in total. The van der Waals surface area contributed by atoms with Crippen molar-refractivity contribution in [3.8, 4) is 5.69 Å². The number of para-hydroxylation sites is 1. The Morgan fingerprint density at radius 3 is 2.57 bits per heavy atom. The summed E-state index contributed by atoms with van der Waals surface area (Å²) in [6, 6.07) is 18.5. The lowest BCUT2D eigenvalue weighted by atomic mass is 10.2. The van der Waals surface area contributed by atoms with Gasteiger partial charge < -0.3 is 15.0 Å². The summed E-state index contributed by atoms with van der Waals surface area (Å²) in [5.41, 5.74) is 3.27. The molecule has 3 aromatic rings. The SMILES string of the molecule is OC(CCl)CNc1ccc(-n2ccc3ccccc32)cc1. The third-order valence-corrected chi connectivity index (χ3v) is 3.82. The zero-order valence-electron chi connectivity index (χ0n) is 11.5. The number of nitrogens with one attached hydrogen (secondary N) is 1. The smallest absolute Gasteiger partial charge is 0.0847 e. The summed E-state index contributed by atoms with van der Waals surface area (Å²) < 4.78 is 2.16. The Morgan fingerprint density at radius 2 is 1.81 bits per heavy atom. The van der Waals surface area contributed by atoms with E-state index in [-0.39, 0.29) is 5.88 Å². The lowest BCUT2D eigenvalue weighted by Crippen LogP contribution is -2.20. The number of nitrogens with zero attached hydrogens (tertiary/aromatic N) is 1. The van der Waals surface area contributed by atoms with Crippen molar-refractivity contribution in [3.05, 3.63) is 60.8 Å². The Balaban J connectivity index is 1.81. The number of aromatic nitrogens is 1. The standard InChI is InChI=1S/C17H17ClN2O/c18-11-16(21)12-19-14-5-7-15(8-6-14)20-10-9-13-3-1-2-4-17(13)20/h1-10,16,19,21H,11-12H2. The van der Waals surface area contributed by atoms with Gasteiger partial charge in [0, 0.05) is 24.1 Å². The highest BCUT2D eigenvalue weighted by Crippen LogP contribution is 2.21. The quantitative estimate of drug-likeness (QED) is 0.706. The molecule has 1 atom stereocenters. The summed E-state index contributed by atoms with van der Waals surface area (Å²) in [6.07, 6.45) is 1.55. The van der Waals surface area contributed by atoms with Crippen LogP contribution in [0.3, 0.4) is 0 Å². The largest absolute Gasteiger partial charge is 0.390 e. The average molecular weight is 301 g/mol.